The maximum atomic E-state index is 4.84. The smallest absolute Gasteiger partial charge is 0.122 e. The first-order chi connectivity index (χ1) is 18.5. The minimum Gasteiger partial charge on any atom is -0.212 e. The summed E-state index contributed by atoms with van der Waals surface area (Å²) in [4.78, 5) is 0. The van der Waals surface area contributed by atoms with Crippen LogP contribution in [0.4, 0.5) is 0 Å². The maximum absolute atomic E-state index is 4.84. The fourth-order valence-corrected chi connectivity index (χ4v) is 5.73. The summed E-state index contributed by atoms with van der Waals surface area (Å²) in [6.07, 6.45) is 0. The van der Waals surface area contributed by atoms with Crippen LogP contribution in [-0.2, 0) is 0 Å². The molecule has 1 aliphatic rings. The van der Waals surface area contributed by atoms with Crippen molar-refractivity contribution in [2.24, 2.45) is 0 Å². The van der Waals surface area contributed by atoms with Gasteiger partial charge < -0.3 is 0 Å². The van der Waals surface area contributed by atoms with Crippen molar-refractivity contribution in [2.75, 3.05) is 0 Å². The molecule has 0 saturated heterocycles. The minimum atomic E-state index is 0.847. The molecule has 184 valence electrons. The van der Waals surface area contributed by atoms with Crippen LogP contribution in [-0.4, -0.2) is 30.0 Å². The molecule has 4 aromatic carbocycles. The molecular weight excluding hydrogens is 468 g/mol. The maximum Gasteiger partial charge on any atom is 0.122 e. The number of benzene rings is 4. The van der Waals surface area contributed by atoms with Gasteiger partial charge in [0.25, 0.3) is 0 Å². The molecule has 38 heavy (non-hydrogen) atoms. The summed E-state index contributed by atoms with van der Waals surface area (Å²) in [6, 6.07) is 29.4. The summed E-state index contributed by atoms with van der Waals surface area (Å²) in [6.45, 7) is 8.48. The molecule has 0 atom stereocenters. The van der Waals surface area contributed by atoms with Gasteiger partial charge in [-0.1, -0.05) is 89.3 Å². The summed E-state index contributed by atoms with van der Waals surface area (Å²) >= 11 is 0. The first-order valence-electron chi connectivity index (χ1n) is 12.8. The Bertz CT molecular complexity index is 2280. The van der Waals surface area contributed by atoms with E-state index in [2.05, 4.69) is 100 Å². The standard InChI is InChI=1S/C32H26N6/c1-19-11-5-8-18-26(19)37-32-27-20(2)12-10-17-25(27)29-31(24-16-7-6-15-23(24)28(32)33-35-37)38(36-34-29)30-21(3)13-9-14-22(30)4/h5-18H,1-4H3. The van der Waals surface area contributed by atoms with Crippen LogP contribution in [0.25, 0.3) is 11.4 Å². The number of hydrogen-bond acceptors (Lipinski definition) is 4. The number of hydrogen-bond donors (Lipinski definition) is 0. The Hall–Kier alpha value is -4.84. The second kappa shape index (κ2) is 8.35. The average molecular weight is 495 g/mol. The molecule has 0 aliphatic heterocycles. The predicted molar refractivity (Wildman–Crippen MR) is 145 cm³/mol. The van der Waals surface area contributed by atoms with Gasteiger partial charge in [0, 0.05) is 20.9 Å². The summed E-state index contributed by atoms with van der Waals surface area (Å²) in [7, 11) is 0. The Morgan fingerprint density at radius 3 is 1.79 bits per heavy atom. The first-order valence-corrected chi connectivity index (χ1v) is 12.8. The molecule has 0 radical (unpaired) electrons. The molecule has 0 fully saturated rings. The molecule has 6 aromatic rings. The van der Waals surface area contributed by atoms with Gasteiger partial charge in [-0.05, 0) is 56.0 Å². The lowest BCUT2D eigenvalue weighted by molar-refractivity contribution is 0.776. The van der Waals surface area contributed by atoms with Gasteiger partial charge in [-0.25, -0.2) is 9.36 Å². The zero-order valence-electron chi connectivity index (χ0n) is 21.8. The number of aromatic nitrogens is 6. The lowest BCUT2D eigenvalue weighted by Crippen LogP contribution is -2.04. The van der Waals surface area contributed by atoms with E-state index in [0.29, 0.717) is 0 Å². The summed E-state index contributed by atoms with van der Waals surface area (Å²) in [5.41, 5.74) is 6.61. The quantitative estimate of drug-likeness (QED) is 0.317. The highest BCUT2D eigenvalue weighted by molar-refractivity contribution is 5.47. The van der Waals surface area contributed by atoms with Crippen LogP contribution in [0.5, 0.6) is 0 Å². The zero-order valence-corrected chi connectivity index (χ0v) is 21.8. The van der Waals surface area contributed by atoms with Crippen LogP contribution < -0.4 is 0 Å². The highest BCUT2D eigenvalue weighted by atomic mass is 15.4. The van der Waals surface area contributed by atoms with Gasteiger partial charge in [0.1, 0.15) is 21.4 Å². The third-order valence-electron chi connectivity index (χ3n) is 7.54. The summed E-state index contributed by atoms with van der Waals surface area (Å²) in [5, 5.41) is 26.9. The fraction of sp³-hybridized carbons (Fsp3) is 0.125. The van der Waals surface area contributed by atoms with E-state index in [4.69, 9.17) is 20.6 Å². The van der Waals surface area contributed by atoms with Crippen molar-refractivity contribution in [3.63, 3.8) is 0 Å². The van der Waals surface area contributed by atoms with E-state index in [1.165, 1.54) is 0 Å². The molecule has 6 nitrogen and oxygen atoms in total. The summed E-state index contributed by atoms with van der Waals surface area (Å²) in [5.74, 6) is 0. The van der Waals surface area contributed by atoms with Crippen molar-refractivity contribution >= 4 is 0 Å². The molecule has 7 rings (SSSR count). The topological polar surface area (TPSA) is 61.4 Å². The Morgan fingerprint density at radius 1 is 0.474 bits per heavy atom. The molecule has 6 heteroatoms. The van der Waals surface area contributed by atoms with E-state index in [0.717, 1.165) is 75.9 Å². The van der Waals surface area contributed by atoms with E-state index in [1.54, 1.807) is 0 Å². The van der Waals surface area contributed by atoms with Gasteiger partial charge >= 0.3 is 0 Å². The Kier molecular flexibility index (Phi) is 4.91. The van der Waals surface area contributed by atoms with E-state index in [9.17, 15) is 0 Å². The van der Waals surface area contributed by atoms with E-state index in [1.807, 2.05) is 21.5 Å². The molecule has 0 bridgehead atoms. The Labute approximate surface area is 218 Å². The largest absolute Gasteiger partial charge is 0.212 e. The first kappa shape index (κ1) is 22.4. The van der Waals surface area contributed by atoms with Crippen molar-refractivity contribution in [1.82, 2.24) is 30.0 Å². The molecule has 0 saturated carbocycles. The van der Waals surface area contributed by atoms with Crippen LogP contribution in [0.2, 0.25) is 0 Å². The van der Waals surface area contributed by atoms with Gasteiger partial charge in [0.2, 0.25) is 0 Å². The van der Waals surface area contributed by atoms with E-state index in [-0.39, 0.29) is 0 Å². The van der Waals surface area contributed by atoms with Crippen LogP contribution in [0.1, 0.15) is 22.3 Å². The molecular formula is C32H26N6. The third-order valence-corrected chi connectivity index (χ3v) is 7.54. The van der Waals surface area contributed by atoms with Crippen LogP contribution >= 0.6 is 0 Å². The zero-order chi connectivity index (χ0) is 26.0. The molecule has 0 amide bonds. The molecule has 0 unspecified atom stereocenters. The van der Waals surface area contributed by atoms with Crippen molar-refractivity contribution in [3.8, 4) is 11.4 Å². The van der Waals surface area contributed by atoms with Gasteiger partial charge in [0.15, 0.2) is 0 Å². The highest BCUT2D eigenvalue weighted by Crippen LogP contribution is 2.21. The van der Waals surface area contributed by atoms with Gasteiger partial charge in [-0.2, -0.15) is 0 Å². The number of aryl methyl sites for hydroxylation is 4. The van der Waals surface area contributed by atoms with Gasteiger partial charge in [-0.15, -0.1) is 10.2 Å². The lowest BCUT2D eigenvalue weighted by atomic mass is 10.1. The van der Waals surface area contributed by atoms with Crippen LogP contribution in [0.3, 0.4) is 0 Å². The normalized spacial score (nSPS) is 11.7. The third kappa shape index (κ3) is 3.13. The lowest BCUT2D eigenvalue weighted by Gasteiger charge is -2.09. The average Bonchev–Trinajstić information content (AvgIpc) is 3.52. The molecule has 0 spiro atoms. The van der Waals surface area contributed by atoms with Gasteiger partial charge in [0.05, 0.1) is 11.4 Å². The summed E-state index contributed by atoms with van der Waals surface area (Å²) < 4.78 is 3.98. The van der Waals surface area contributed by atoms with Crippen molar-refractivity contribution in [1.29, 1.82) is 0 Å². The van der Waals surface area contributed by atoms with Crippen molar-refractivity contribution < 1.29 is 0 Å². The Morgan fingerprint density at radius 2 is 1.03 bits per heavy atom. The molecule has 0 N–H and O–H groups in total. The number of nitrogens with zero attached hydrogens (tertiary/aromatic N) is 6. The number of para-hydroxylation sites is 2. The van der Waals surface area contributed by atoms with Crippen molar-refractivity contribution in [2.45, 2.75) is 27.7 Å². The van der Waals surface area contributed by atoms with Gasteiger partial charge in [-0.3, -0.25) is 0 Å². The van der Waals surface area contributed by atoms with Crippen molar-refractivity contribution in [3.05, 3.63) is 149 Å². The second-order valence-corrected chi connectivity index (χ2v) is 9.97. The number of rotatable bonds is 2. The monoisotopic (exact) mass is 494 g/mol. The molecule has 2 heterocycles. The SMILES string of the molecule is Cc1ccccc1-n1nnc2c1=c1c(C)cccc1=c1nnn(-c3c(C)cccc3C)c1=c1ccccc1=2. The predicted octanol–water partition coefficient (Wildman–Crippen LogP) is 5.54. The minimum absolute atomic E-state index is 0.847. The molecule has 2 aromatic heterocycles. The van der Waals surface area contributed by atoms with E-state index < -0.39 is 0 Å². The number of fused-ring (bicyclic) bond motifs is 4. The van der Waals surface area contributed by atoms with Crippen LogP contribution in [0.15, 0.2) is 84.9 Å². The van der Waals surface area contributed by atoms with Crippen LogP contribution in [0, 0.1) is 70.0 Å². The fourth-order valence-electron chi connectivity index (χ4n) is 5.73. The van der Waals surface area contributed by atoms with E-state index >= 15 is 0 Å². The second-order valence-electron chi connectivity index (χ2n) is 9.97. The Balaban J connectivity index is 1.89. The highest BCUT2D eigenvalue weighted by Gasteiger charge is 2.15. The molecule has 1 aliphatic carbocycles.